The molecule has 4 N–H and O–H groups in total. The maximum atomic E-state index is 12.8. The molecule has 2 unspecified atom stereocenters. The Morgan fingerprint density at radius 2 is 0.851 bits per heavy atom. The average Bonchev–Trinajstić information content (AvgIpc) is 2.98. The lowest BCUT2D eigenvalue weighted by Gasteiger charge is -2.35. The SMILES string of the molecule is CC(C)(C)c1cccc(Oc2ccc(C(C)(CC(C)(C(=O)O)c3ccc(Oc4cccc(C(C)(C)C)c4O)cc3)C(=O)O)cc2)c1O. The van der Waals surface area contributed by atoms with Gasteiger partial charge in [0.1, 0.15) is 11.5 Å². The molecule has 0 aliphatic carbocycles. The molecule has 0 bridgehead atoms. The van der Waals surface area contributed by atoms with E-state index in [2.05, 4.69) is 0 Å². The molecule has 0 aliphatic heterocycles. The van der Waals surface area contributed by atoms with Crippen LogP contribution >= 0.6 is 0 Å². The molecule has 0 amide bonds. The molecular formula is C39H44O8. The third-order valence-electron chi connectivity index (χ3n) is 8.70. The predicted molar refractivity (Wildman–Crippen MR) is 181 cm³/mol. The van der Waals surface area contributed by atoms with E-state index in [-0.39, 0.29) is 40.2 Å². The summed E-state index contributed by atoms with van der Waals surface area (Å²) in [6.07, 6.45) is -0.256. The minimum atomic E-state index is -1.59. The molecule has 8 heteroatoms. The molecule has 0 saturated heterocycles. The van der Waals surface area contributed by atoms with Crippen LogP contribution in [0.5, 0.6) is 34.5 Å². The van der Waals surface area contributed by atoms with Gasteiger partial charge in [0.2, 0.25) is 0 Å². The van der Waals surface area contributed by atoms with Crippen molar-refractivity contribution in [3.63, 3.8) is 0 Å². The van der Waals surface area contributed by atoms with Crippen LogP contribution in [0.15, 0.2) is 84.9 Å². The van der Waals surface area contributed by atoms with Gasteiger partial charge in [-0.2, -0.15) is 0 Å². The number of hydrogen-bond acceptors (Lipinski definition) is 6. The van der Waals surface area contributed by atoms with Crippen LogP contribution in [0.1, 0.15) is 84.1 Å². The molecule has 4 aromatic rings. The zero-order chi connectivity index (χ0) is 34.9. The first kappa shape index (κ1) is 34.9. The molecule has 0 spiro atoms. The van der Waals surface area contributed by atoms with Gasteiger partial charge >= 0.3 is 11.9 Å². The zero-order valence-electron chi connectivity index (χ0n) is 28.2. The Morgan fingerprint density at radius 1 is 0.532 bits per heavy atom. The number of carboxylic acids is 2. The summed E-state index contributed by atoms with van der Waals surface area (Å²) >= 11 is 0. The van der Waals surface area contributed by atoms with Crippen molar-refractivity contribution in [2.75, 3.05) is 0 Å². The molecular weight excluding hydrogens is 596 g/mol. The number of carboxylic acid groups (broad SMARTS) is 2. The Morgan fingerprint density at radius 3 is 1.13 bits per heavy atom. The van der Waals surface area contributed by atoms with Gasteiger partial charge in [-0.1, -0.05) is 90.1 Å². The van der Waals surface area contributed by atoms with Crippen LogP contribution in [0.25, 0.3) is 0 Å². The third-order valence-corrected chi connectivity index (χ3v) is 8.70. The average molecular weight is 641 g/mol. The lowest BCUT2D eigenvalue weighted by Crippen LogP contribution is -2.44. The van der Waals surface area contributed by atoms with Crippen molar-refractivity contribution in [1.29, 1.82) is 0 Å². The monoisotopic (exact) mass is 640 g/mol. The van der Waals surface area contributed by atoms with Crippen LogP contribution in [-0.4, -0.2) is 32.4 Å². The molecule has 4 rings (SSSR count). The second-order valence-corrected chi connectivity index (χ2v) is 14.5. The highest BCUT2D eigenvalue weighted by atomic mass is 16.5. The number of carbonyl (C=O) groups is 2. The van der Waals surface area contributed by atoms with E-state index >= 15 is 0 Å². The third kappa shape index (κ3) is 7.22. The number of ether oxygens (including phenoxy) is 2. The molecule has 0 fully saturated rings. The molecule has 8 nitrogen and oxygen atoms in total. The number of rotatable bonds is 10. The lowest BCUT2D eigenvalue weighted by atomic mass is 9.66. The number of aromatic hydroxyl groups is 2. The summed E-state index contributed by atoms with van der Waals surface area (Å²) in [5.74, 6) is -0.973. The highest BCUT2D eigenvalue weighted by molar-refractivity contribution is 5.86. The van der Waals surface area contributed by atoms with E-state index in [1.807, 2.05) is 53.7 Å². The highest BCUT2D eigenvalue weighted by Gasteiger charge is 2.47. The number of phenols is 2. The van der Waals surface area contributed by atoms with Gasteiger partial charge in [-0.05, 0) is 78.6 Å². The standard InChI is InChI=1S/C39H44O8/c1-36(2,3)28-11-9-13-30(32(28)40)46-26-19-15-24(16-20-26)38(7,34(42)43)23-39(8,35(44)45)25-17-21-27(22-18-25)47-31-14-10-12-29(33(31)41)37(4,5)6/h9-22,40-41H,23H2,1-8H3,(H,42,43)(H,44,45). The van der Waals surface area contributed by atoms with Gasteiger partial charge in [-0.25, -0.2) is 0 Å². The minimum Gasteiger partial charge on any atom is -0.504 e. The van der Waals surface area contributed by atoms with Crippen LogP contribution in [0.2, 0.25) is 0 Å². The van der Waals surface area contributed by atoms with Crippen molar-refractivity contribution in [3.8, 4) is 34.5 Å². The fourth-order valence-electron chi connectivity index (χ4n) is 5.76. The summed E-state index contributed by atoms with van der Waals surface area (Å²) in [5, 5.41) is 42.5. The Bertz CT molecular complexity index is 1630. The zero-order valence-corrected chi connectivity index (χ0v) is 28.2. The summed E-state index contributed by atoms with van der Waals surface area (Å²) in [4.78, 5) is 25.6. The predicted octanol–water partition coefficient (Wildman–Crippen LogP) is 9.05. The Kier molecular flexibility index (Phi) is 9.40. The highest BCUT2D eigenvalue weighted by Crippen LogP contribution is 2.44. The quantitative estimate of drug-likeness (QED) is 0.135. The number of phenolic OH excluding ortho intramolecular Hbond substituents is 2. The van der Waals surface area contributed by atoms with Crippen molar-refractivity contribution in [3.05, 3.63) is 107 Å². The normalized spacial score (nSPS) is 14.5. The molecule has 0 saturated carbocycles. The molecule has 47 heavy (non-hydrogen) atoms. The van der Waals surface area contributed by atoms with Gasteiger partial charge in [-0.3, -0.25) is 9.59 Å². The maximum Gasteiger partial charge on any atom is 0.313 e. The fourth-order valence-corrected chi connectivity index (χ4v) is 5.76. The Balaban J connectivity index is 1.60. The smallest absolute Gasteiger partial charge is 0.313 e. The maximum absolute atomic E-state index is 12.8. The first-order valence-corrected chi connectivity index (χ1v) is 15.5. The van der Waals surface area contributed by atoms with Crippen molar-refractivity contribution >= 4 is 11.9 Å². The largest absolute Gasteiger partial charge is 0.504 e. The van der Waals surface area contributed by atoms with Crippen molar-refractivity contribution in [1.82, 2.24) is 0 Å². The van der Waals surface area contributed by atoms with E-state index in [4.69, 9.17) is 9.47 Å². The molecule has 0 aromatic heterocycles. The molecule has 2 atom stereocenters. The van der Waals surface area contributed by atoms with E-state index in [0.717, 1.165) is 11.1 Å². The number of aliphatic carboxylic acids is 2. The molecule has 0 radical (unpaired) electrons. The first-order chi connectivity index (χ1) is 21.8. The lowest BCUT2D eigenvalue weighted by molar-refractivity contribution is -0.148. The molecule has 0 heterocycles. The summed E-state index contributed by atoms with van der Waals surface area (Å²) < 4.78 is 11.9. The van der Waals surface area contributed by atoms with Crippen molar-refractivity contribution in [2.45, 2.75) is 83.5 Å². The minimum absolute atomic E-state index is 0.0309. The molecule has 4 aromatic carbocycles. The van der Waals surface area contributed by atoms with Gasteiger partial charge in [0, 0.05) is 11.1 Å². The Labute approximate surface area is 276 Å². The second-order valence-electron chi connectivity index (χ2n) is 14.5. The summed E-state index contributed by atoms with van der Waals surface area (Å²) in [6, 6.07) is 23.4. The topological polar surface area (TPSA) is 134 Å². The van der Waals surface area contributed by atoms with Gasteiger partial charge in [0.15, 0.2) is 23.0 Å². The van der Waals surface area contributed by atoms with E-state index < -0.39 is 22.8 Å². The van der Waals surface area contributed by atoms with Crippen LogP contribution in [-0.2, 0) is 31.2 Å². The fraction of sp³-hybridized carbons (Fsp3) is 0.333. The van der Waals surface area contributed by atoms with Crippen LogP contribution in [0.3, 0.4) is 0 Å². The first-order valence-electron chi connectivity index (χ1n) is 15.5. The van der Waals surface area contributed by atoms with E-state index in [1.54, 1.807) is 72.8 Å². The van der Waals surface area contributed by atoms with E-state index in [0.29, 0.717) is 22.6 Å². The van der Waals surface area contributed by atoms with Crippen molar-refractivity contribution in [2.24, 2.45) is 0 Å². The second kappa shape index (κ2) is 12.7. The summed E-state index contributed by atoms with van der Waals surface area (Å²) in [7, 11) is 0. The van der Waals surface area contributed by atoms with Gasteiger partial charge in [0.25, 0.3) is 0 Å². The van der Waals surface area contributed by atoms with Crippen LogP contribution in [0, 0.1) is 0 Å². The van der Waals surface area contributed by atoms with Gasteiger partial charge in [-0.15, -0.1) is 0 Å². The van der Waals surface area contributed by atoms with Crippen LogP contribution < -0.4 is 9.47 Å². The molecule has 248 valence electrons. The molecule has 0 aliphatic rings. The van der Waals surface area contributed by atoms with E-state index in [1.165, 1.54) is 13.8 Å². The number of para-hydroxylation sites is 2. The van der Waals surface area contributed by atoms with Gasteiger partial charge in [0.05, 0.1) is 10.8 Å². The van der Waals surface area contributed by atoms with Crippen molar-refractivity contribution < 1.29 is 39.5 Å². The Hall–Kier alpha value is -4.98. The van der Waals surface area contributed by atoms with Crippen LogP contribution in [0.4, 0.5) is 0 Å². The summed E-state index contributed by atoms with van der Waals surface area (Å²) in [5.41, 5.74) is -1.54. The number of hydrogen-bond donors (Lipinski definition) is 4. The van der Waals surface area contributed by atoms with Gasteiger partial charge < -0.3 is 29.9 Å². The number of benzene rings is 4. The van der Waals surface area contributed by atoms with E-state index in [9.17, 15) is 30.0 Å². The summed E-state index contributed by atoms with van der Waals surface area (Å²) in [6.45, 7) is 14.9.